The molecule has 11 N–H and O–H groups in total. The molecule has 122 heavy (non-hydrogen) atoms. The number of aliphatic hydroxyl groups is 2. The average molecular weight is 1740 g/mol. The largest absolute Gasteiger partial charge is 0.495 e. The van der Waals surface area contributed by atoms with Crippen LogP contribution in [0.4, 0.5) is 34.5 Å². The van der Waals surface area contributed by atoms with E-state index >= 15 is 8.78 Å². The van der Waals surface area contributed by atoms with Gasteiger partial charge in [-0.25, -0.2) is 28.0 Å². The molecule has 1 unspecified atom stereocenters. The fourth-order valence-electron chi connectivity index (χ4n) is 19.2. The lowest BCUT2D eigenvalue weighted by Crippen LogP contribution is -2.70. The second kappa shape index (κ2) is 40.2. The standard InChI is InChI=1S/C88H111Cl2F2N11O19/c1-50(2)73(101-68(104)28-37-117-39-41-119-42-40-118-38-32-95-77(108)52-16-24-64(66(43-52)116-8)98-80(111)74-70(58-11-9-12-62(90)72(58)92)87(49-93,67(100-74)46-84(3,4)5)60-23-19-55(89)45-63(60)91)79(110)99-65(13-10-31-96-81(94)112)78(109)97-56-20-14-51(15-21-56)47-121-82(113)102-33-35-103(36-34-102)83(114)122-57-26-29-85(6)54(44-57)18-22-61-71(85)75(106)76(107)86(7)59(27-30-88(61,86)115)53-17-25-69(105)120-48-53/h9,11-12,14-17,19-21,23-25,43,45,48,50,54,57,59,61,65,67,70-71,73-75,100,106,115H,10,13,18,22,26-42,44,46-47H2,1-8H3,(H,95,108)(H,97,109)(H,98,111)(H,99,110)(H,101,104)(H3,94,96,112)/t54-,57+,59?,61-,65+,67+,70+,71-,73+,74-,75+,85+,86+,87+,88+/m1/s1. The van der Waals surface area contributed by atoms with Gasteiger partial charge >= 0.3 is 23.8 Å². The van der Waals surface area contributed by atoms with E-state index in [1.165, 1.54) is 72.9 Å². The molecule has 660 valence electrons. The van der Waals surface area contributed by atoms with Crippen molar-refractivity contribution in [2.45, 2.75) is 185 Å². The maximum atomic E-state index is 16.3. The number of nitriles is 1. The van der Waals surface area contributed by atoms with E-state index in [4.69, 9.17) is 61.8 Å². The van der Waals surface area contributed by atoms with E-state index in [1.54, 1.807) is 56.0 Å². The lowest BCUT2D eigenvalue weighted by molar-refractivity contribution is -0.228. The molecule has 4 saturated carbocycles. The first-order chi connectivity index (χ1) is 58.0. The Morgan fingerprint density at radius 3 is 2.15 bits per heavy atom. The molecule has 6 fully saturated rings. The summed E-state index contributed by atoms with van der Waals surface area (Å²) >= 11 is 12.5. The number of carbonyl (C=O) groups is 9. The number of carbonyl (C=O) groups excluding carboxylic acids is 9. The van der Waals surface area contributed by atoms with E-state index in [0.29, 0.717) is 55.3 Å². The van der Waals surface area contributed by atoms with Crippen molar-refractivity contribution in [3.05, 3.63) is 157 Å². The number of amides is 9. The summed E-state index contributed by atoms with van der Waals surface area (Å²) in [6, 6.07) is 19.1. The highest BCUT2D eigenvalue weighted by Gasteiger charge is 2.74. The van der Waals surface area contributed by atoms with Gasteiger partial charge in [-0.1, -0.05) is 95.1 Å². The van der Waals surface area contributed by atoms with Crippen LogP contribution in [0.1, 0.15) is 164 Å². The summed E-state index contributed by atoms with van der Waals surface area (Å²) in [5, 5.41) is 55.4. The van der Waals surface area contributed by atoms with Crippen LogP contribution in [0.15, 0.2) is 106 Å². The van der Waals surface area contributed by atoms with Crippen molar-refractivity contribution >= 4 is 88.1 Å². The molecule has 11 rings (SSSR count). The first-order valence-corrected chi connectivity index (χ1v) is 42.3. The number of urea groups is 1. The maximum Gasteiger partial charge on any atom is 0.410 e. The third-order valence-corrected chi connectivity index (χ3v) is 26.0. The molecule has 4 aromatic carbocycles. The van der Waals surface area contributed by atoms with Gasteiger partial charge in [-0.2, -0.15) is 5.26 Å². The number of hydrogen-bond acceptors (Lipinski definition) is 21. The number of hydrogen-bond donors (Lipinski definition) is 10. The molecule has 34 heteroatoms. The number of nitrogens with one attached hydrogen (secondary N) is 7. The Hall–Kier alpha value is -9.85. The predicted molar refractivity (Wildman–Crippen MR) is 446 cm³/mol. The molecule has 2 aliphatic heterocycles. The quantitative estimate of drug-likeness (QED) is 0.0175. The number of primary amides is 1. The van der Waals surface area contributed by atoms with Crippen molar-refractivity contribution in [1.29, 1.82) is 5.26 Å². The zero-order valence-electron chi connectivity index (χ0n) is 69.9. The summed E-state index contributed by atoms with van der Waals surface area (Å²) in [5.74, 6) is -7.84. The Morgan fingerprint density at radius 2 is 1.49 bits per heavy atom. The van der Waals surface area contributed by atoms with Crippen molar-refractivity contribution in [3.63, 3.8) is 0 Å². The predicted octanol–water partition coefficient (Wildman–Crippen LogP) is 9.93. The van der Waals surface area contributed by atoms with E-state index in [0.717, 1.165) is 12.5 Å². The van der Waals surface area contributed by atoms with Crippen LogP contribution in [-0.2, 0) is 59.7 Å². The molecule has 5 aromatic rings. The van der Waals surface area contributed by atoms with Crippen LogP contribution in [0.25, 0.3) is 0 Å². The molecule has 30 nitrogen and oxygen atoms in total. The van der Waals surface area contributed by atoms with E-state index in [-0.39, 0.29) is 161 Å². The zero-order chi connectivity index (χ0) is 88.2. The first-order valence-electron chi connectivity index (χ1n) is 41.6. The highest BCUT2D eigenvalue weighted by atomic mass is 35.5. The van der Waals surface area contributed by atoms with Gasteiger partial charge in [-0.05, 0) is 171 Å². The molecule has 3 heterocycles. The number of benzene rings is 4. The molecule has 15 atom stereocenters. The Balaban J connectivity index is 0.561. The van der Waals surface area contributed by atoms with Crippen LogP contribution in [0.2, 0.25) is 10.0 Å². The average Bonchev–Trinajstić information content (AvgIpc) is 1.39. The smallest absolute Gasteiger partial charge is 0.410 e. The number of nitrogens with zero attached hydrogens (tertiary/aromatic N) is 3. The van der Waals surface area contributed by atoms with Gasteiger partial charge in [0.2, 0.25) is 23.6 Å². The van der Waals surface area contributed by atoms with Crippen molar-refractivity contribution in [2.75, 3.05) is 96.7 Å². The number of rotatable bonds is 33. The van der Waals surface area contributed by atoms with Gasteiger partial charge in [0.1, 0.15) is 53.7 Å². The number of ether oxygens (including phenoxy) is 6. The number of anilines is 2. The minimum Gasteiger partial charge on any atom is -0.495 e. The normalized spacial score (nSPS) is 26.0. The van der Waals surface area contributed by atoms with Gasteiger partial charge in [0.25, 0.3) is 5.91 Å². The van der Waals surface area contributed by atoms with Gasteiger partial charge in [0, 0.05) is 97.4 Å². The van der Waals surface area contributed by atoms with E-state index in [9.17, 15) is 63.4 Å². The summed E-state index contributed by atoms with van der Waals surface area (Å²) in [4.78, 5) is 137. The summed E-state index contributed by atoms with van der Waals surface area (Å²) < 4.78 is 71.9. The van der Waals surface area contributed by atoms with Crippen LogP contribution >= 0.6 is 23.2 Å². The Labute approximate surface area is 717 Å². The van der Waals surface area contributed by atoms with E-state index in [2.05, 4.69) is 50.2 Å². The van der Waals surface area contributed by atoms with Crippen molar-refractivity contribution in [1.82, 2.24) is 36.4 Å². The second-order valence-electron chi connectivity index (χ2n) is 34.5. The SMILES string of the molecule is COc1cc(C(=O)NCCOCCOCCOCCC(=O)N[C@H](C(=O)N[C@@H](CCCNC(N)=O)C(=O)Nc2ccc(COC(=O)N3CCN(C(=O)O[C@H]4CC[C@@]5(C)[C@H](CC[C@@H]6[C@@H]5[C@H](O)C(=O)[C@]5(C)C(c7ccc(=O)oc7)CC[C@]65O)C4)CC3)cc2)C(C)C)ccc1NC(=O)[C@@H]1N[C@@H](CC(C)(C)C)[C@](C#N)(c2ccc(Cl)cc2F)[C@H]1c1cccc(Cl)c1F. The summed E-state index contributed by atoms with van der Waals surface area (Å²) in [7, 11) is 1.35. The third-order valence-electron chi connectivity index (χ3n) is 25.5. The topological polar surface area (TPSA) is 420 Å². The van der Waals surface area contributed by atoms with Crippen LogP contribution in [-0.4, -0.2) is 202 Å². The van der Waals surface area contributed by atoms with E-state index < -0.39 is 158 Å². The van der Waals surface area contributed by atoms with Crippen LogP contribution < -0.4 is 53.3 Å². The number of methoxy groups -OCH3 is 1. The minimum atomic E-state index is -1.86. The van der Waals surface area contributed by atoms with Crippen molar-refractivity contribution < 1.29 is 95.0 Å². The van der Waals surface area contributed by atoms with Gasteiger partial charge in [0.15, 0.2) is 5.78 Å². The Bertz CT molecular complexity index is 4720. The molecule has 9 amide bonds. The van der Waals surface area contributed by atoms with Crippen LogP contribution in [0, 0.1) is 62.9 Å². The highest BCUT2D eigenvalue weighted by Crippen LogP contribution is 2.70. The maximum absolute atomic E-state index is 16.3. The molecule has 2 saturated heterocycles. The first kappa shape index (κ1) is 92.9. The third kappa shape index (κ3) is 20.8. The summed E-state index contributed by atoms with van der Waals surface area (Å²) in [5.41, 5.74) is 1.05. The molecule has 1 aromatic heterocycles. The molecule has 4 aliphatic carbocycles. The second-order valence-corrected chi connectivity index (χ2v) is 35.4. The molecule has 0 spiro atoms. The molecule has 6 aliphatic rings. The van der Waals surface area contributed by atoms with Crippen LogP contribution in [0.3, 0.4) is 0 Å². The molecular weight excluding hydrogens is 1620 g/mol. The van der Waals surface area contributed by atoms with Crippen molar-refractivity contribution in [2.24, 2.45) is 45.7 Å². The van der Waals surface area contributed by atoms with E-state index in [1.807, 2.05) is 20.8 Å². The Kier molecular flexibility index (Phi) is 30.6. The number of piperazine rings is 1. The number of ketones is 1. The molecule has 0 bridgehead atoms. The van der Waals surface area contributed by atoms with Gasteiger partial charge < -0.3 is 95.8 Å². The van der Waals surface area contributed by atoms with Crippen molar-refractivity contribution in [3.8, 4) is 11.8 Å². The molecular formula is C88H111Cl2F2N11O19. The van der Waals surface area contributed by atoms with Crippen LogP contribution in [0.5, 0.6) is 5.75 Å². The summed E-state index contributed by atoms with van der Waals surface area (Å²) in [6.45, 7) is 14.7. The minimum absolute atomic E-state index is 0.00826. The number of aliphatic hydroxyl groups excluding tert-OH is 1. The fraction of sp³-hybridized carbons (Fsp3) is 0.557. The lowest BCUT2D eigenvalue weighted by Gasteiger charge is -2.64. The fourth-order valence-corrected chi connectivity index (χ4v) is 19.6. The highest BCUT2D eigenvalue weighted by molar-refractivity contribution is 6.31. The number of Topliss-reactive ketones (excluding diaryl/α,β-unsaturated/α-hetero) is 1. The van der Waals surface area contributed by atoms with Gasteiger partial charge in [-0.15, -0.1) is 0 Å². The number of halogens is 4. The number of fused-ring (bicyclic) bond motifs is 5. The van der Waals surface area contributed by atoms with Gasteiger partial charge in [0.05, 0.1) is 86.9 Å². The molecule has 0 radical (unpaired) electrons. The zero-order valence-corrected chi connectivity index (χ0v) is 71.4. The summed E-state index contributed by atoms with van der Waals surface area (Å²) in [6.07, 6.45) is 2.85. The van der Waals surface area contributed by atoms with Gasteiger partial charge in [-0.3, -0.25) is 28.8 Å². The monoisotopic (exact) mass is 1730 g/mol. The number of nitrogens with two attached hydrogens (primary N) is 1. The Morgan fingerprint density at radius 1 is 0.795 bits per heavy atom. The lowest BCUT2D eigenvalue weighted by atomic mass is 9.42.